The Balaban J connectivity index is 1.49. The van der Waals surface area contributed by atoms with Gasteiger partial charge in [0, 0.05) is 12.6 Å². The minimum atomic E-state index is -0.793. The van der Waals surface area contributed by atoms with Crippen LogP contribution >= 0.6 is 11.3 Å². The molecule has 1 aliphatic carbocycles. The maximum atomic E-state index is 13.6. The first-order valence-electron chi connectivity index (χ1n) is 13.3. The molecule has 1 aliphatic heterocycles. The number of aliphatic carboxylic acids is 1. The second-order valence-electron chi connectivity index (χ2n) is 10.1. The molecule has 2 aromatic heterocycles. The molecule has 1 unspecified atom stereocenters. The van der Waals surface area contributed by atoms with Crippen LogP contribution in [0.1, 0.15) is 71.1 Å². The Hall–Kier alpha value is -4.24. The molecule has 1 aromatic carbocycles. The third-order valence-corrected chi connectivity index (χ3v) is 8.32. The summed E-state index contributed by atoms with van der Waals surface area (Å²) in [5.74, 6) is -0.748. The van der Waals surface area contributed by atoms with Crippen LogP contribution in [0.15, 0.2) is 30.5 Å². The van der Waals surface area contributed by atoms with Crippen LogP contribution in [0, 0.1) is 24.2 Å². The molecule has 3 N–H and O–H groups in total. The van der Waals surface area contributed by atoms with E-state index in [4.69, 9.17) is 14.7 Å². The van der Waals surface area contributed by atoms with E-state index in [1.54, 1.807) is 0 Å². The van der Waals surface area contributed by atoms with Gasteiger partial charge in [-0.25, -0.2) is 9.97 Å². The summed E-state index contributed by atoms with van der Waals surface area (Å²) in [7, 11) is 1.45. The number of aryl methyl sites for hydroxylation is 1. The number of nitrogens with zero attached hydrogens (tertiary/aromatic N) is 5. The number of methoxy groups -OCH3 is 1. The van der Waals surface area contributed by atoms with Crippen LogP contribution in [0.3, 0.4) is 0 Å². The number of nitrogens with one attached hydrogen (secondary N) is 2. The molecule has 2 aliphatic rings. The van der Waals surface area contributed by atoms with Crippen molar-refractivity contribution < 1.29 is 19.4 Å². The second kappa shape index (κ2) is 11.9. The maximum Gasteiger partial charge on any atom is 0.306 e. The van der Waals surface area contributed by atoms with Crippen LogP contribution in [-0.4, -0.2) is 51.6 Å². The first kappa shape index (κ1) is 27.3. The van der Waals surface area contributed by atoms with E-state index < -0.39 is 11.9 Å². The van der Waals surface area contributed by atoms with Gasteiger partial charge in [0.15, 0.2) is 22.4 Å². The number of ether oxygens (including phenoxy) is 1. The fourth-order valence-electron chi connectivity index (χ4n) is 5.36. The van der Waals surface area contributed by atoms with Gasteiger partial charge in [-0.3, -0.25) is 9.59 Å². The number of thiazole rings is 1. The van der Waals surface area contributed by atoms with Crippen molar-refractivity contribution in [1.82, 2.24) is 20.3 Å². The average Bonchev–Trinajstić information content (AvgIpc) is 3.63. The Bertz CT molecular complexity index is 1430. The van der Waals surface area contributed by atoms with Gasteiger partial charge >= 0.3 is 5.97 Å². The fourth-order valence-corrected chi connectivity index (χ4v) is 5.98. The average molecular weight is 562 g/mol. The molecule has 3 aromatic rings. The van der Waals surface area contributed by atoms with Crippen molar-refractivity contribution in [2.45, 2.75) is 57.5 Å². The van der Waals surface area contributed by atoms with E-state index in [-0.39, 0.29) is 35.3 Å². The van der Waals surface area contributed by atoms with E-state index in [0.29, 0.717) is 41.6 Å². The summed E-state index contributed by atoms with van der Waals surface area (Å²) in [6, 6.07) is 10.4. The van der Waals surface area contributed by atoms with Crippen molar-refractivity contribution in [3.05, 3.63) is 52.2 Å². The summed E-state index contributed by atoms with van der Waals surface area (Å²) >= 11 is 1.17. The highest BCUT2D eigenvalue weighted by molar-refractivity contribution is 7.16. The number of benzene rings is 1. The van der Waals surface area contributed by atoms with Crippen molar-refractivity contribution in [3.8, 4) is 11.8 Å². The van der Waals surface area contributed by atoms with Crippen molar-refractivity contribution in [1.29, 1.82) is 5.26 Å². The number of nitriles is 1. The lowest BCUT2D eigenvalue weighted by Gasteiger charge is -2.28. The van der Waals surface area contributed by atoms with E-state index in [1.165, 1.54) is 30.2 Å². The third kappa shape index (κ3) is 5.84. The number of hydrogen-bond donors (Lipinski definition) is 3. The van der Waals surface area contributed by atoms with Gasteiger partial charge in [0.25, 0.3) is 5.91 Å². The van der Waals surface area contributed by atoms with Gasteiger partial charge in [0.05, 0.1) is 25.3 Å². The van der Waals surface area contributed by atoms with Gasteiger partial charge in [0.1, 0.15) is 10.9 Å². The molecule has 11 nitrogen and oxygen atoms in total. The van der Waals surface area contributed by atoms with Gasteiger partial charge in [-0.05, 0) is 51.0 Å². The summed E-state index contributed by atoms with van der Waals surface area (Å²) in [6.07, 6.45) is 5.51. The highest BCUT2D eigenvalue weighted by atomic mass is 32.1. The molecular weight excluding hydrogens is 530 g/mol. The largest absolute Gasteiger partial charge is 0.491 e. The molecular formula is C28H31N7O4S. The van der Waals surface area contributed by atoms with Gasteiger partial charge in [-0.1, -0.05) is 41.2 Å². The molecule has 1 saturated carbocycles. The Kier molecular flexibility index (Phi) is 8.11. The van der Waals surface area contributed by atoms with Gasteiger partial charge in [-0.15, -0.1) is 0 Å². The van der Waals surface area contributed by atoms with Crippen LogP contribution in [0.2, 0.25) is 0 Å². The molecule has 0 bridgehead atoms. The van der Waals surface area contributed by atoms with E-state index in [9.17, 15) is 20.0 Å². The molecule has 0 radical (unpaired) electrons. The molecule has 0 spiro atoms. The topological polar surface area (TPSA) is 153 Å². The van der Waals surface area contributed by atoms with Crippen LogP contribution < -0.4 is 20.3 Å². The molecule has 1 saturated heterocycles. The van der Waals surface area contributed by atoms with Gasteiger partial charge in [0.2, 0.25) is 5.95 Å². The molecule has 3 heterocycles. The minimum Gasteiger partial charge on any atom is -0.491 e. The van der Waals surface area contributed by atoms with Crippen molar-refractivity contribution in [2.75, 3.05) is 23.9 Å². The zero-order chi connectivity index (χ0) is 28.2. The number of carbonyl (C=O) groups is 2. The molecule has 1 atom stereocenters. The van der Waals surface area contributed by atoms with E-state index >= 15 is 0 Å². The van der Waals surface area contributed by atoms with E-state index in [0.717, 1.165) is 24.9 Å². The summed E-state index contributed by atoms with van der Waals surface area (Å²) in [5, 5.41) is 25.2. The number of carboxylic acids is 1. The first-order valence-corrected chi connectivity index (χ1v) is 14.1. The zero-order valence-corrected chi connectivity index (χ0v) is 23.2. The van der Waals surface area contributed by atoms with Gasteiger partial charge in [-0.2, -0.15) is 10.2 Å². The predicted octanol–water partition coefficient (Wildman–Crippen LogP) is 4.58. The lowest BCUT2D eigenvalue weighted by Crippen LogP contribution is -2.39. The summed E-state index contributed by atoms with van der Waals surface area (Å²) < 4.78 is 5.65. The lowest BCUT2D eigenvalue weighted by atomic mass is 9.86. The Morgan fingerprint density at radius 3 is 2.55 bits per heavy atom. The monoisotopic (exact) mass is 561 g/mol. The normalized spacial score (nSPS) is 20.5. The number of hydrogen-bond acceptors (Lipinski definition) is 10. The SMILES string of the molecule is COc1c(Nc2ncc(C#N)s2)nc(N2CCCC2c2ccc(C)cc2)nc1C(=O)N[C@H]1CC[C@H](C(=O)O)CC1. The predicted molar refractivity (Wildman–Crippen MR) is 150 cm³/mol. The number of amides is 1. The summed E-state index contributed by atoms with van der Waals surface area (Å²) in [6.45, 7) is 2.77. The van der Waals surface area contributed by atoms with E-state index in [2.05, 4.69) is 57.8 Å². The number of carboxylic acid groups (broad SMARTS) is 1. The molecule has 1 amide bonds. The van der Waals surface area contributed by atoms with Crippen molar-refractivity contribution in [2.24, 2.45) is 5.92 Å². The molecule has 208 valence electrons. The minimum absolute atomic E-state index is 0.0501. The third-order valence-electron chi connectivity index (χ3n) is 7.50. The first-order chi connectivity index (χ1) is 19.4. The molecule has 5 rings (SSSR count). The Morgan fingerprint density at radius 1 is 1.15 bits per heavy atom. The van der Waals surface area contributed by atoms with Crippen LogP contribution in [0.4, 0.5) is 16.9 Å². The molecule has 2 fully saturated rings. The molecule has 12 heteroatoms. The van der Waals surface area contributed by atoms with Crippen molar-refractivity contribution >= 4 is 40.1 Å². The van der Waals surface area contributed by atoms with Crippen LogP contribution in [0.25, 0.3) is 0 Å². The van der Waals surface area contributed by atoms with Crippen molar-refractivity contribution in [3.63, 3.8) is 0 Å². The van der Waals surface area contributed by atoms with Crippen LogP contribution in [0.5, 0.6) is 5.75 Å². The quantitative estimate of drug-likeness (QED) is 0.356. The smallest absolute Gasteiger partial charge is 0.306 e. The standard InChI is InChI=1S/C28H31N7O4S/c1-16-5-7-17(8-6-16)21-4-3-13-35(21)27-32-22(25(36)31-19-11-9-18(10-12-19)26(37)38)23(39-2)24(33-27)34-28-30-15-20(14-29)40-28/h5-8,15,18-19,21H,3-4,9-13H2,1-2H3,(H,31,36)(H,37,38)(H,30,32,33,34)/t18-,19-,21?. The Labute approximate surface area is 236 Å². The summed E-state index contributed by atoms with van der Waals surface area (Å²) in [4.78, 5) is 41.3. The second-order valence-corrected chi connectivity index (χ2v) is 11.2. The Morgan fingerprint density at radius 2 is 1.90 bits per heavy atom. The van der Waals surface area contributed by atoms with Gasteiger partial charge < -0.3 is 25.4 Å². The number of aromatic nitrogens is 3. The highest BCUT2D eigenvalue weighted by Crippen LogP contribution is 2.38. The molecule has 40 heavy (non-hydrogen) atoms. The van der Waals surface area contributed by atoms with E-state index in [1.807, 2.05) is 0 Å². The lowest BCUT2D eigenvalue weighted by molar-refractivity contribution is -0.142. The van der Waals surface area contributed by atoms with Crippen LogP contribution in [-0.2, 0) is 4.79 Å². The number of carbonyl (C=O) groups excluding carboxylic acids is 1. The summed E-state index contributed by atoms with van der Waals surface area (Å²) in [5.41, 5.74) is 2.41. The highest BCUT2D eigenvalue weighted by Gasteiger charge is 2.33. The maximum absolute atomic E-state index is 13.6. The number of rotatable bonds is 8. The fraction of sp³-hybridized carbons (Fsp3) is 0.429. The zero-order valence-electron chi connectivity index (χ0n) is 22.4. The number of anilines is 3.